The lowest BCUT2D eigenvalue weighted by Gasteiger charge is -2.14. The standard InChI is InChI=1S/C10H15NO3/c1-3-11-8(5-6-9(11)12)7-10(13)14-4-2/h7H,3-6H2,1-2H3/b8-7+. The summed E-state index contributed by atoms with van der Waals surface area (Å²) in [6.07, 6.45) is 2.56. The number of amides is 1. The minimum absolute atomic E-state index is 0.0862. The van der Waals surface area contributed by atoms with E-state index in [2.05, 4.69) is 0 Å². The highest BCUT2D eigenvalue weighted by molar-refractivity contribution is 5.87. The zero-order chi connectivity index (χ0) is 10.6. The molecule has 0 aromatic carbocycles. The first-order valence-electron chi connectivity index (χ1n) is 4.86. The molecule has 4 heteroatoms. The van der Waals surface area contributed by atoms with Crippen molar-refractivity contribution in [2.45, 2.75) is 26.7 Å². The normalized spacial score (nSPS) is 19.1. The van der Waals surface area contributed by atoms with Gasteiger partial charge in [0.25, 0.3) is 0 Å². The SMILES string of the molecule is CCOC(=O)/C=C1\CCC(=O)N1CC. The fraction of sp³-hybridized carbons (Fsp3) is 0.600. The first kappa shape index (κ1) is 10.8. The molecule has 0 bridgehead atoms. The molecule has 1 amide bonds. The highest BCUT2D eigenvalue weighted by atomic mass is 16.5. The third-order valence-corrected chi connectivity index (χ3v) is 2.13. The molecular weight excluding hydrogens is 182 g/mol. The van der Waals surface area contributed by atoms with E-state index in [4.69, 9.17) is 4.74 Å². The Morgan fingerprint density at radius 2 is 2.21 bits per heavy atom. The lowest BCUT2D eigenvalue weighted by Crippen LogP contribution is -2.23. The molecule has 1 fully saturated rings. The minimum atomic E-state index is -0.365. The van der Waals surface area contributed by atoms with Crippen molar-refractivity contribution in [1.29, 1.82) is 0 Å². The number of carbonyl (C=O) groups excluding carboxylic acids is 2. The quantitative estimate of drug-likeness (QED) is 0.502. The van der Waals surface area contributed by atoms with Gasteiger partial charge >= 0.3 is 5.97 Å². The smallest absolute Gasteiger partial charge is 0.332 e. The molecule has 0 spiro atoms. The van der Waals surface area contributed by atoms with Crippen LogP contribution in [0.5, 0.6) is 0 Å². The summed E-state index contributed by atoms with van der Waals surface area (Å²) in [4.78, 5) is 24.0. The summed E-state index contributed by atoms with van der Waals surface area (Å²) >= 11 is 0. The predicted octanol–water partition coefficient (Wildman–Crippen LogP) is 1.08. The fourth-order valence-corrected chi connectivity index (χ4v) is 1.51. The molecule has 0 aromatic rings. The van der Waals surface area contributed by atoms with Crippen LogP contribution in [0.4, 0.5) is 0 Å². The van der Waals surface area contributed by atoms with E-state index in [1.54, 1.807) is 11.8 Å². The Morgan fingerprint density at radius 1 is 1.50 bits per heavy atom. The Balaban J connectivity index is 2.67. The second kappa shape index (κ2) is 4.79. The molecule has 0 saturated carbocycles. The van der Waals surface area contributed by atoms with Gasteiger partial charge in [-0.05, 0) is 20.3 Å². The van der Waals surface area contributed by atoms with Gasteiger partial charge < -0.3 is 9.64 Å². The molecule has 0 unspecified atom stereocenters. The van der Waals surface area contributed by atoms with Gasteiger partial charge in [0.05, 0.1) is 6.61 Å². The molecule has 1 rings (SSSR count). The number of esters is 1. The number of hydrogen-bond donors (Lipinski definition) is 0. The van der Waals surface area contributed by atoms with E-state index < -0.39 is 0 Å². The summed E-state index contributed by atoms with van der Waals surface area (Å²) in [5, 5.41) is 0. The largest absolute Gasteiger partial charge is 0.463 e. The second-order valence-electron chi connectivity index (χ2n) is 3.03. The van der Waals surface area contributed by atoms with Crippen LogP contribution in [0.1, 0.15) is 26.7 Å². The minimum Gasteiger partial charge on any atom is -0.463 e. The number of likely N-dealkylation sites (tertiary alicyclic amines) is 1. The van der Waals surface area contributed by atoms with E-state index in [-0.39, 0.29) is 11.9 Å². The third-order valence-electron chi connectivity index (χ3n) is 2.13. The molecule has 0 N–H and O–H groups in total. The van der Waals surface area contributed by atoms with Crippen LogP contribution in [0.2, 0.25) is 0 Å². The van der Waals surface area contributed by atoms with Crippen molar-refractivity contribution in [3.8, 4) is 0 Å². The first-order valence-corrected chi connectivity index (χ1v) is 4.86. The average Bonchev–Trinajstić information content (AvgIpc) is 2.47. The number of hydrogen-bond acceptors (Lipinski definition) is 3. The van der Waals surface area contributed by atoms with Crippen molar-refractivity contribution in [2.24, 2.45) is 0 Å². The average molecular weight is 197 g/mol. The molecular formula is C10H15NO3. The van der Waals surface area contributed by atoms with Gasteiger partial charge in [-0.2, -0.15) is 0 Å². The van der Waals surface area contributed by atoms with Crippen LogP contribution in [0.25, 0.3) is 0 Å². The molecule has 1 aliphatic rings. The van der Waals surface area contributed by atoms with E-state index in [1.807, 2.05) is 6.92 Å². The molecule has 1 heterocycles. The third kappa shape index (κ3) is 2.34. The number of carbonyl (C=O) groups is 2. The Bertz CT molecular complexity index is 271. The lowest BCUT2D eigenvalue weighted by molar-refractivity contribution is -0.137. The van der Waals surface area contributed by atoms with Crippen molar-refractivity contribution in [3.63, 3.8) is 0 Å². The molecule has 78 valence electrons. The number of rotatable bonds is 3. The number of ether oxygens (including phenoxy) is 1. The molecule has 0 aliphatic carbocycles. The van der Waals surface area contributed by atoms with Crippen molar-refractivity contribution in [2.75, 3.05) is 13.2 Å². The van der Waals surface area contributed by atoms with E-state index in [0.29, 0.717) is 26.0 Å². The Labute approximate surface area is 83.5 Å². The van der Waals surface area contributed by atoms with E-state index >= 15 is 0 Å². The van der Waals surface area contributed by atoms with Crippen LogP contribution in [0.15, 0.2) is 11.8 Å². The summed E-state index contributed by atoms with van der Waals surface area (Å²) in [6.45, 7) is 4.63. The van der Waals surface area contributed by atoms with E-state index in [0.717, 1.165) is 5.70 Å². The van der Waals surface area contributed by atoms with Crippen molar-refractivity contribution in [1.82, 2.24) is 4.90 Å². The summed E-state index contributed by atoms with van der Waals surface area (Å²) in [7, 11) is 0. The Kier molecular flexibility index (Phi) is 3.68. The van der Waals surface area contributed by atoms with Gasteiger partial charge in [0.15, 0.2) is 0 Å². The maximum atomic E-state index is 11.3. The fourth-order valence-electron chi connectivity index (χ4n) is 1.51. The summed E-state index contributed by atoms with van der Waals surface area (Å²) in [6, 6.07) is 0. The molecule has 0 radical (unpaired) electrons. The molecule has 14 heavy (non-hydrogen) atoms. The van der Waals surface area contributed by atoms with Crippen LogP contribution in [-0.2, 0) is 14.3 Å². The van der Waals surface area contributed by atoms with Crippen molar-refractivity contribution >= 4 is 11.9 Å². The lowest BCUT2D eigenvalue weighted by atomic mass is 10.3. The number of allylic oxidation sites excluding steroid dienone is 1. The Morgan fingerprint density at radius 3 is 2.79 bits per heavy atom. The second-order valence-corrected chi connectivity index (χ2v) is 3.03. The van der Waals surface area contributed by atoms with Gasteiger partial charge in [0.1, 0.15) is 0 Å². The topological polar surface area (TPSA) is 46.6 Å². The van der Waals surface area contributed by atoms with Gasteiger partial charge in [-0.25, -0.2) is 4.79 Å². The highest BCUT2D eigenvalue weighted by Crippen LogP contribution is 2.21. The number of nitrogens with zero attached hydrogens (tertiary/aromatic N) is 1. The van der Waals surface area contributed by atoms with Crippen LogP contribution < -0.4 is 0 Å². The van der Waals surface area contributed by atoms with Gasteiger partial charge in [0, 0.05) is 24.7 Å². The zero-order valence-corrected chi connectivity index (χ0v) is 8.58. The van der Waals surface area contributed by atoms with Gasteiger partial charge in [-0.3, -0.25) is 4.79 Å². The summed E-state index contributed by atoms with van der Waals surface area (Å²) in [5.74, 6) is -0.279. The van der Waals surface area contributed by atoms with Crippen molar-refractivity contribution < 1.29 is 14.3 Å². The first-order chi connectivity index (χ1) is 6.69. The summed E-state index contributed by atoms with van der Waals surface area (Å²) < 4.78 is 4.78. The molecule has 0 atom stereocenters. The molecule has 4 nitrogen and oxygen atoms in total. The molecule has 1 saturated heterocycles. The molecule has 0 aromatic heterocycles. The highest BCUT2D eigenvalue weighted by Gasteiger charge is 2.24. The van der Waals surface area contributed by atoms with Crippen LogP contribution in [-0.4, -0.2) is 29.9 Å². The van der Waals surface area contributed by atoms with Gasteiger partial charge in [0.2, 0.25) is 5.91 Å². The Hall–Kier alpha value is -1.32. The maximum absolute atomic E-state index is 11.3. The van der Waals surface area contributed by atoms with Crippen molar-refractivity contribution in [3.05, 3.63) is 11.8 Å². The van der Waals surface area contributed by atoms with Crippen LogP contribution in [0, 0.1) is 0 Å². The van der Waals surface area contributed by atoms with Crippen LogP contribution >= 0.6 is 0 Å². The predicted molar refractivity (Wildman–Crippen MR) is 51.3 cm³/mol. The van der Waals surface area contributed by atoms with Gasteiger partial charge in [-0.15, -0.1) is 0 Å². The maximum Gasteiger partial charge on any atom is 0.332 e. The van der Waals surface area contributed by atoms with Crippen LogP contribution in [0.3, 0.4) is 0 Å². The summed E-state index contributed by atoms with van der Waals surface area (Å²) in [5.41, 5.74) is 0.774. The van der Waals surface area contributed by atoms with Gasteiger partial charge in [-0.1, -0.05) is 0 Å². The van der Waals surface area contributed by atoms with E-state index in [9.17, 15) is 9.59 Å². The monoisotopic (exact) mass is 197 g/mol. The zero-order valence-electron chi connectivity index (χ0n) is 8.58. The molecule has 1 aliphatic heterocycles. The van der Waals surface area contributed by atoms with E-state index in [1.165, 1.54) is 6.08 Å².